The van der Waals surface area contributed by atoms with Gasteiger partial charge < -0.3 is 8.72 Å². The molecule has 0 radical (unpaired) electrons. The molecule has 0 atom stereocenters. The summed E-state index contributed by atoms with van der Waals surface area (Å²) in [5.74, 6) is 0.350. The maximum atomic E-state index is 12.6. The highest BCUT2D eigenvalue weighted by Gasteiger charge is 2.19. The summed E-state index contributed by atoms with van der Waals surface area (Å²) < 4.78 is 32.2. The van der Waals surface area contributed by atoms with Crippen LogP contribution in [0.15, 0.2) is 35.1 Å². The molecule has 132 valence electrons. The van der Waals surface area contributed by atoms with Gasteiger partial charge in [0.1, 0.15) is 9.88 Å². The Bertz CT molecular complexity index is 796. The van der Waals surface area contributed by atoms with Gasteiger partial charge in [0, 0.05) is 11.9 Å². The van der Waals surface area contributed by atoms with Crippen molar-refractivity contribution in [2.45, 2.75) is 26.3 Å². The zero-order valence-electron chi connectivity index (χ0n) is 13.3. The minimum atomic E-state index is -2.78. The van der Waals surface area contributed by atoms with Gasteiger partial charge in [-0.05, 0) is 30.5 Å². The number of nitrogens with zero attached hydrogens (tertiary/aromatic N) is 5. The quantitative estimate of drug-likeness (QED) is 0.527. The summed E-state index contributed by atoms with van der Waals surface area (Å²) in [7, 11) is 0. The maximum Gasteiger partial charge on any atom is 0.314 e. The third kappa shape index (κ3) is 4.51. The Hall–Kier alpha value is -2.07. The minimum Gasteiger partial charge on any atom is -0.414 e. The lowest BCUT2D eigenvalue weighted by molar-refractivity contribution is 0.116. The van der Waals surface area contributed by atoms with Crippen LogP contribution in [0.5, 0.6) is 0 Å². The molecule has 0 bridgehead atoms. The van der Waals surface area contributed by atoms with Crippen molar-refractivity contribution < 1.29 is 13.2 Å². The maximum absolute atomic E-state index is 12.6. The topological polar surface area (TPSA) is 67.9 Å². The number of anilines is 1. The Morgan fingerprint density at radius 2 is 2.20 bits per heavy atom. The van der Waals surface area contributed by atoms with Gasteiger partial charge in [-0.15, -0.1) is 21.5 Å². The van der Waals surface area contributed by atoms with E-state index in [0.29, 0.717) is 11.4 Å². The van der Waals surface area contributed by atoms with Crippen molar-refractivity contribution in [1.82, 2.24) is 20.2 Å². The molecule has 0 aliphatic heterocycles. The highest BCUT2D eigenvalue weighted by molar-refractivity contribution is 8.00. The Balaban J connectivity index is 1.75. The lowest BCUT2D eigenvalue weighted by Gasteiger charge is -2.21. The molecule has 0 aliphatic carbocycles. The number of pyridine rings is 1. The van der Waals surface area contributed by atoms with Crippen LogP contribution in [-0.4, -0.2) is 25.9 Å². The van der Waals surface area contributed by atoms with Crippen molar-refractivity contribution in [3.05, 3.63) is 41.6 Å². The monoisotopic (exact) mass is 383 g/mol. The molecule has 3 aromatic heterocycles. The first-order valence-electron chi connectivity index (χ1n) is 7.54. The van der Waals surface area contributed by atoms with Gasteiger partial charge >= 0.3 is 6.43 Å². The molecule has 0 aliphatic rings. The van der Waals surface area contributed by atoms with Crippen LogP contribution in [0.2, 0.25) is 0 Å². The largest absolute Gasteiger partial charge is 0.414 e. The summed E-state index contributed by atoms with van der Waals surface area (Å²) in [6.45, 7) is 2.68. The predicted octanol–water partition coefficient (Wildman–Crippen LogP) is 4.59. The summed E-state index contributed by atoms with van der Waals surface area (Å²) in [5.41, 5.74) is 0.982. The van der Waals surface area contributed by atoms with Gasteiger partial charge in [0.25, 0.3) is 11.8 Å². The minimum absolute atomic E-state index is 0.0631. The molecule has 0 spiro atoms. The molecule has 25 heavy (non-hydrogen) atoms. The predicted molar refractivity (Wildman–Crippen MR) is 93.5 cm³/mol. The number of aromatic nitrogens is 4. The average Bonchev–Trinajstić information content (AvgIpc) is 3.28. The van der Waals surface area contributed by atoms with E-state index in [1.165, 1.54) is 11.3 Å². The molecule has 0 aromatic carbocycles. The van der Waals surface area contributed by atoms with Gasteiger partial charge in [-0.1, -0.05) is 6.92 Å². The zero-order chi connectivity index (χ0) is 17.6. The van der Waals surface area contributed by atoms with Gasteiger partial charge in [0.05, 0.1) is 24.6 Å². The fourth-order valence-corrected chi connectivity index (χ4v) is 3.73. The van der Waals surface area contributed by atoms with E-state index >= 15 is 0 Å². The highest BCUT2D eigenvalue weighted by atomic mass is 32.2. The second-order valence-corrected chi connectivity index (χ2v) is 7.17. The fraction of sp³-hybridized carbons (Fsp3) is 0.333. The van der Waals surface area contributed by atoms with Crippen molar-refractivity contribution in [3.8, 4) is 10.8 Å². The van der Waals surface area contributed by atoms with Crippen LogP contribution in [0.1, 0.15) is 30.7 Å². The van der Waals surface area contributed by atoms with E-state index in [4.69, 9.17) is 4.42 Å². The number of rotatable bonds is 8. The molecule has 0 unspecified atom stereocenters. The molecular formula is C15H15F2N5OS2. The lowest BCUT2D eigenvalue weighted by Crippen LogP contribution is -2.14. The van der Waals surface area contributed by atoms with Crippen LogP contribution in [0.3, 0.4) is 0 Å². The van der Waals surface area contributed by atoms with Crippen LogP contribution in [-0.2, 0) is 6.54 Å². The molecule has 10 heteroatoms. The second kappa shape index (κ2) is 8.34. The van der Waals surface area contributed by atoms with Gasteiger partial charge in [-0.3, -0.25) is 4.98 Å². The van der Waals surface area contributed by atoms with E-state index in [1.54, 1.807) is 30.5 Å². The standard InChI is InChI=1S/C15H15F2N5OS2/c1-2-6-24-22(10-4-3-5-18-7-10)9-12-19-8-11(25-12)14-20-21-15(23-14)13(16)17/h3-5,7-8,13H,2,6,9H2,1H3. The van der Waals surface area contributed by atoms with Crippen molar-refractivity contribution in [2.24, 2.45) is 0 Å². The van der Waals surface area contributed by atoms with E-state index in [-0.39, 0.29) is 5.89 Å². The summed E-state index contributed by atoms with van der Waals surface area (Å²) in [5, 5.41) is 7.81. The molecule has 0 N–H and O–H groups in total. The molecule has 3 rings (SSSR count). The number of thiazole rings is 1. The van der Waals surface area contributed by atoms with Crippen molar-refractivity contribution in [1.29, 1.82) is 0 Å². The second-order valence-electron chi connectivity index (χ2n) is 4.95. The molecular weight excluding hydrogens is 368 g/mol. The highest BCUT2D eigenvalue weighted by Crippen LogP contribution is 2.30. The van der Waals surface area contributed by atoms with E-state index < -0.39 is 12.3 Å². The summed E-state index contributed by atoms with van der Waals surface area (Å²) in [6.07, 6.45) is 3.35. The van der Waals surface area contributed by atoms with Crippen LogP contribution in [0.25, 0.3) is 10.8 Å². The molecule has 0 saturated heterocycles. The van der Waals surface area contributed by atoms with E-state index in [1.807, 2.05) is 12.1 Å². The van der Waals surface area contributed by atoms with Crippen molar-refractivity contribution >= 4 is 29.0 Å². The molecule has 0 saturated carbocycles. The summed E-state index contributed by atoms with van der Waals surface area (Å²) in [6, 6.07) is 3.86. The Morgan fingerprint density at radius 1 is 1.32 bits per heavy atom. The van der Waals surface area contributed by atoms with E-state index in [2.05, 4.69) is 31.4 Å². The third-order valence-corrected chi connectivity index (χ3v) is 5.27. The number of hydrogen-bond donors (Lipinski definition) is 0. The zero-order valence-corrected chi connectivity index (χ0v) is 14.9. The molecule has 6 nitrogen and oxygen atoms in total. The van der Waals surface area contributed by atoms with Crippen LogP contribution >= 0.6 is 23.3 Å². The van der Waals surface area contributed by atoms with Gasteiger partial charge in [0.15, 0.2) is 0 Å². The smallest absolute Gasteiger partial charge is 0.314 e. The van der Waals surface area contributed by atoms with Crippen LogP contribution in [0.4, 0.5) is 14.5 Å². The number of hydrogen-bond acceptors (Lipinski definition) is 8. The summed E-state index contributed by atoms with van der Waals surface area (Å²) in [4.78, 5) is 9.07. The first-order valence-corrected chi connectivity index (χ1v) is 9.30. The molecule has 0 amide bonds. The number of alkyl halides is 2. The van der Waals surface area contributed by atoms with Crippen molar-refractivity contribution in [3.63, 3.8) is 0 Å². The fourth-order valence-electron chi connectivity index (χ4n) is 1.94. The van der Waals surface area contributed by atoms with E-state index in [9.17, 15) is 8.78 Å². The van der Waals surface area contributed by atoms with Gasteiger partial charge in [-0.2, -0.15) is 8.78 Å². The van der Waals surface area contributed by atoms with Gasteiger partial charge in [0.2, 0.25) is 0 Å². The Kier molecular flexibility index (Phi) is 5.92. The van der Waals surface area contributed by atoms with E-state index in [0.717, 1.165) is 22.9 Å². The number of halogens is 2. The summed E-state index contributed by atoms with van der Waals surface area (Å²) >= 11 is 3.03. The Labute approximate surface area is 151 Å². The SMILES string of the molecule is CCCSN(Cc1ncc(-c2nnc(C(F)F)o2)s1)c1cccnc1. The molecule has 3 heterocycles. The molecule has 3 aromatic rings. The Morgan fingerprint density at radius 3 is 2.88 bits per heavy atom. The first kappa shape index (κ1) is 17.7. The van der Waals surface area contributed by atoms with Crippen LogP contribution < -0.4 is 4.31 Å². The first-order chi connectivity index (χ1) is 12.2. The van der Waals surface area contributed by atoms with Crippen LogP contribution in [0, 0.1) is 0 Å². The van der Waals surface area contributed by atoms with Gasteiger partial charge in [-0.25, -0.2) is 4.98 Å². The van der Waals surface area contributed by atoms with Crippen molar-refractivity contribution in [2.75, 3.05) is 10.1 Å². The third-order valence-electron chi connectivity index (χ3n) is 3.06. The lowest BCUT2D eigenvalue weighted by atomic mass is 10.4. The normalized spacial score (nSPS) is 11.2. The molecule has 0 fully saturated rings. The average molecular weight is 383 g/mol.